The van der Waals surface area contributed by atoms with Crippen molar-refractivity contribution in [3.8, 4) is 0 Å². The highest BCUT2D eigenvalue weighted by atomic mass is 16.3. The van der Waals surface area contributed by atoms with Crippen molar-refractivity contribution in [2.75, 3.05) is 6.61 Å². The van der Waals surface area contributed by atoms with Crippen LogP contribution in [0.4, 0.5) is 0 Å². The molecule has 0 aromatic carbocycles. The van der Waals surface area contributed by atoms with Gasteiger partial charge in [0, 0.05) is 18.4 Å². The average Bonchev–Trinajstić information content (AvgIpc) is 2.26. The van der Waals surface area contributed by atoms with Crippen LogP contribution in [0.25, 0.3) is 0 Å². The van der Waals surface area contributed by atoms with E-state index in [0.29, 0.717) is 23.5 Å². The van der Waals surface area contributed by atoms with Gasteiger partial charge in [-0.05, 0) is 31.6 Å². The number of carbonyl (C=O) groups is 1. The molecule has 2 bridgehead atoms. The first-order chi connectivity index (χ1) is 5.31. The van der Waals surface area contributed by atoms with E-state index in [1.165, 1.54) is 0 Å². The lowest BCUT2D eigenvalue weighted by atomic mass is 9.80. The molecule has 0 aromatic heterocycles. The Morgan fingerprint density at radius 3 is 2.27 bits per heavy atom. The molecule has 3 atom stereocenters. The minimum absolute atomic E-state index is 0.278. The number of Topliss-reactive ketones (excluding diaryl/α,β-unsaturated/α-hetero) is 1. The van der Waals surface area contributed by atoms with Gasteiger partial charge >= 0.3 is 0 Å². The van der Waals surface area contributed by atoms with Crippen molar-refractivity contribution in [3.05, 3.63) is 0 Å². The summed E-state index contributed by atoms with van der Waals surface area (Å²) < 4.78 is 0. The highest BCUT2D eigenvalue weighted by Gasteiger charge is 2.40. The minimum atomic E-state index is 0.278. The predicted octanol–water partition coefficient (Wildman–Crippen LogP) is 0.984. The molecule has 0 spiro atoms. The summed E-state index contributed by atoms with van der Waals surface area (Å²) in [5, 5.41) is 8.93. The number of aliphatic hydroxyl groups is 1. The summed E-state index contributed by atoms with van der Waals surface area (Å²) in [6.07, 6.45) is 4.07. The van der Waals surface area contributed by atoms with Gasteiger partial charge in [-0.1, -0.05) is 0 Å². The van der Waals surface area contributed by atoms with Gasteiger partial charge in [-0.2, -0.15) is 0 Å². The number of hydrogen-bond acceptors (Lipinski definition) is 2. The van der Waals surface area contributed by atoms with E-state index in [2.05, 4.69) is 0 Å². The van der Waals surface area contributed by atoms with E-state index < -0.39 is 0 Å². The summed E-state index contributed by atoms with van der Waals surface area (Å²) in [4.78, 5) is 11.4. The second-order valence-corrected chi connectivity index (χ2v) is 3.89. The molecule has 11 heavy (non-hydrogen) atoms. The third-order valence-corrected chi connectivity index (χ3v) is 3.16. The van der Waals surface area contributed by atoms with Crippen molar-refractivity contribution in [1.82, 2.24) is 0 Å². The van der Waals surface area contributed by atoms with Gasteiger partial charge in [-0.25, -0.2) is 0 Å². The molecule has 0 aromatic rings. The normalized spacial score (nSPS) is 43.0. The van der Waals surface area contributed by atoms with Crippen LogP contribution in [0.15, 0.2) is 0 Å². The molecule has 2 heteroatoms. The number of hydrogen-bond donors (Lipinski definition) is 1. The van der Waals surface area contributed by atoms with Gasteiger partial charge in [0.05, 0.1) is 0 Å². The van der Waals surface area contributed by atoms with Gasteiger partial charge in [-0.3, -0.25) is 4.79 Å². The van der Waals surface area contributed by atoms with E-state index in [1.54, 1.807) is 0 Å². The van der Waals surface area contributed by atoms with Crippen molar-refractivity contribution in [2.45, 2.75) is 25.7 Å². The summed E-state index contributed by atoms with van der Waals surface area (Å²) in [7, 11) is 0. The molecule has 2 rings (SSSR count). The topological polar surface area (TPSA) is 37.3 Å². The van der Waals surface area contributed by atoms with E-state index in [0.717, 1.165) is 25.7 Å². The Morgan fingerprint density at radius 1 is 1.27 bits per heavy atom. The summed E-state index contributed by atoms with van der Waals surface area (Å²) in [6.45, 7) is 0.278. The van der Waals surface area contributed by atoms with Crippen molar-refractivity contribution < 1.29 is 9.90 Å². The summed E-state index contributed by atoms with van der Waals surface area (Å²) in [5.41, 5.74) is 0. The second kappa shape index (κ2) is 2.59. The zero-order chi connectivity index (χ0) is 7.84. The monoisotopic (exact) mass is 154 g/mol. The zero-order valence-electron chi connectivity index (χ0n) is 6.62. The fourth-order valence-corrected chi connectivity index (χ4v) is 2.54. The fraction of sp³-hybridized carbons (Fsp3) is 0.889. The van der Waals surface area contributed by atoms with Gasteiger partial charge in [0.25, 0.3) is 0 Å². The lowest BCUT2D eigenvalue weighted by molar-refractivity contribution is -0.127. The third-order valence-electron chi connectivity index (χ3n) is 3.16. The van der Waals surface area contributed by atoms with Crippen LogP contribution in [0, 0.1) is 17.8 Å². The maximum Gasteiger partial charge on any atom is 0.139 e. The van der Waals surface area contributed by atoms with Crippen molar-refractivity contribution in [2.24, 2.45) is 17.8 Å². The number of carbonyl (C=O) groups excluding carboxylic acids is 1. The van der Waals surface area contributed by atoms with Gasteiger partial charge in [-0.15, -0.1) is 0 Å². The smallest absolute Gasteiger partial charge is 0.139 e. The Hall–Kier alpha value is -0.370. The SMILES string of the molecule is O=C1[C@@H]2CC[C@H]1CC(CO)C2. The Morgan fingerprint density at radius 2 is 1.82 bits per heavy atom. The maximum absolute atomic E-state index is 11.4. The van der Waals surface area contributed by atoms with E-state index in [1.807, 2.05) is 0 Å². The Labute approximate surface area is 66.6 Å². The summed E-state index contributed by atoms with van der Waals surface area (Å²) >= 11 is 0. The molecule has 2 nitrogen and oxygen atoms in total. The van der Waals surface area contributed by atoms with Crippen LogP contribution in [0.2, 0.25) is 0 Å². The molecule has 0 aliphatic heterocycles. The highest BCUT2D eigenvalue weighted by Crippen LogP contribution is 2.41. The third kappa shape index (κ3) is 1.09. The molecule has 0 amide bonds. The molecule has 1 N–H and O–H groups in total. The Kier molecular flexibility index (Phi) is 1.72. The molecule has 0 heterocycles. The van der Waals surface area contributed by atoms with Gasteiger partial charge in [0.1, 0.15) is 5.78 Å². The average molecular weight is 154 g/mol. The zero-order valence-corrected chi connectivity index (χ0v) is 6.62. The molecular weight excluding hydrogens is 140 g/mol. The minimum Gasteiger partial charge on any atom is -0.396 e. The molecule has 2 aliphatic carbocycles. The van der Waals surface area contributed by atoms with Crippen molar-refractivity contribution in [1.29, 1.82) is 0 Å². The lowest BCUT2D eigenvalue weighted by Crippen LogP contribution is -2.27. The van der Waals surface area contributed by atoms with E-state index in [9.17, 15) is 4.79 Å². The van der Waals surface area contributed by atoms with Crippen LogP contribution in [0.1, 0.15) is 25.7 Å². The van der Waals surface area contributed by atoms with Gasteiger partial charge in [0.2, 0.25) is 0 Å². The lowest BCUT2D eigenvalue weighted by Gasteiger charge is -2.24. The standard InChI is InChI=1S/C9H14O2/c10-5-6-3-7-1-2-8(4-6)9(7)11/h6-8,10H,1-5H2/t6?,7-,8+. The predicted molar refractivity (Wildman–Crippen MR) is 41.0 cm³/mol. The van der Waals surface area contributed by atoms with Crippen LogP contribution in [0.3, 0.4) is 0 Å². The van der Waals surface area contributed by atoms with Crippen LogP contribution >= 0.6 is 0 Å². The number of aliphatic hydroxyl groups excluding tert-OH is 1. The van der Waals surface area contributed by atoms with E-state index in [-0.39, 0.29) is 6.61 Å². The first-order valence-electron chi connectivity index (χ1n) is 4.46. The molecule has 2 fully saturated rings. The molecular formula is C9H14O2. The van der Waals surface area contributed by atoms with Crippen LogP contribution in [0.5, 0.6) is 0 Å². The number of fused-ring (bicyclic) bond motifs is 2. The van der Waals surface area contributed by atoms with Gasteiger partial charge < -0.3 is 5.11 Å². The number of ketones is 1. The Balaban J connectivity index is 2.08. The van der Waals surface area contributed by atoms with Crippen LogP contribution in [-0.4, -0.2) is 17.5 Å². The second-order valence-electron chi connectivity index (χ2n) is 3.89. The summed E-state index contributed by atoms with van der Waals surface area (Å²) in [6, 6.07) is 0. The quantitative estimate of drug-likeness (QED) is 0.611. The molecule has 2 aliphatic rings. The van der Waals surface area contributed by atoms with Gasteiger partial charge in [0.15, 0.2) is 0 Å². The molecule has 0 saturated heterocycles. The van der Waals surface area contributed by atoms with Crippen molar-refractivity contribution in [3.63, 3.8) is 0 Å². The molecule has 1 unspecified atom stereocenters. The van der Waals surface area contributed by atoms with Crippen LogP contribution in [-0.2, 0) is 4.79 Å². The van der Waals surface area contributed by atoms with E-state index >= 15 is 0 Å². The first-order valence-corrected chi connectivity index (χ1v) is 4.46. The number of rotatable bonds is 1. The fourth-order valence-electron chi connectivity index (χ4n) is 2.54. The largest absolute Gasteiger partial charge is 0.396 e. The first kappa shape index (κ1) is 7.29. The van der Waals surface area contributed by atoms with Crippen molar-refractivity contribution >= 4 is 5.78 Å². The Bertz CT molecular complexity index is 160. The molecule has 0 radical (unpaired) electrons. The highest BCUT2D eigenvalue weighted by molar-refractivity contribution is 5.86. The maximum atomic E-state index is 11.4. The molecule has 2 saturated carbocycles. The van der Waals surface area contributed by atoms with Crippen LogP contribution < -0.4 is 0 Å². The summed E-state index contributed by atoms with van der Waals surface area (Å²) in [5.74, 6) is 1.52. The van der Waals surface area contributed by atoms with E-state index in [4.69, 9.17) is 5.11 Å². The molecule has 62 valence electrons.